The number of piperidine rings is 1. The lowest BCUT2D eigenvalue weighted by Gasteiger charge is -2.39. The maximum Gasteiger partial charge on any atom is 0.310 e. The van der Waals surface area contributed by atoms with E-state index < -0.39 is 11.4 Å². The summed E-state index contributed by atoms with van der Waals surface area (Å²) in [5, 5.41) is 9.47. The number of hydrogen-bond donors (Lipinski definition) is 1. The van der Waals surface area contributed by atoms with Crippen LogP contribution in [0.3, 0.4) is 0 Å². The highest BCUT2D eigenvalue weighted by Crippen LogP contribution is 2.34. The van der Waals surface area contributed by atoms with Crippen LogP contribution in [0.1, 0.15) is 46.5 Å². The van der Waals surface area contributed by atoms with E-state index in [2.05, 4.69) is 31.7 Å². The monoisotopic (exact) mass is 239 g/mol. The van der Waals surface area contributed by atoms with Crippen molar-refractivity contribution in [3.8, 4) is 0 Å². The summed E-state index contributed by atoms with van der Waals surface area (Å²) in [5.41, 5.74) is 0.801. The maximum atomic E-state index is 11.5. The Balaban J connectivity index is 2.68. The molecule has 1 unspecified atom stereocenters. The van der Waals surface area contributed by atoms with Gasteiger partial charge in [-0.1, -0.05) is 25.0 Å². The minimum atomic E-state index is -0.610. The summed E-state index contributed by atoms with van der Waals surface area (Å²) < 4.78 is 0. The van der Waals surface area contributed by atoms with E-state index in [9.17, 15) is 9.90 Å². The van der Waals surface area contributed by atoms with Gasteiger partial charge in [-0.2, -0.15) is 0 Å². The number of allylic oxidation sites excluding steroid dienone is 1. The van der Waals surface area contributed by atoms with Gasteiger partial charge in [0.25, 0.3) is 0 Å². The van der Waals surface area contributed by atoms with Crippen LogP contribution < -0.4 is 0 Å². The Morgan fingerprint density at radius 1 is 1.47 bits per heavy atom. The topological polar surface area (TPSA) is 40.5 Å². The fraction of sp³-hybridized carbons (Fsp3) is 0.786. The van der Waals surface area contributed by atoms with E-state index in [-0.39, 0.29) is 0 Å². The number of nitrogens with zero attached hydrogens (tertiary/aromatic N) is 1. The van der Waals surface area contributed by atoms with Gasteiger partial charge in [-0.15, -0.1) is 0 Å². The Kier molecular flexibility index (Phi) is 5.19. The Morgan fingerprint density at radius 3 is 2.71 bits per heavy atom. The van der Waals surface area contributed by atoms with Crippen LogP contribution in [0.2, 0.25) is 0 Å². The Labute approximate surface area is 105 Å². The Bertz CT molecular complexity index is 291. The van der Waals surface area contributed by atoms with Crippen LogP contribution in [-0.2, 0) is 4.79 Å². The van der Waals surface area contributed by atoms with E-state index >= 15 is 0 Å². The SMILES string of the molecule is CCCC1(C(=O)O)CCCN(CC=C(C)C)C1. The second-order valence-electron chi connectivity index (χ2n) is 5.46. The fourth-order valence-corrected chi connectivity index (χ4v) is 2.66. The van der Waals surface area contributed by atoms with Gasteiger partial charge in [-0.3, -0.25) is 9.69 Å². The van der Waals surface area contributed by atoms with Gasteiger partial charge < -0.3 is 5.11 Å². The molecule has 0 aliphatic carbocycles. The van der Waals surface area contributed by atoms with Crippen LogP contribution in [0, 0.1) is 5.41 Å². The first-order valence-electron chi connectivity index (χ1n) is 6.59. The molecule has 1 N–H and O–H groups in total. The van der Waals surface area contributed by atoms with Crippen molar-refractivity contribution in [2.75, 3.05) is 19.6 Å². The molecule has 1 atom stereocenters. The molecule has 3 nitrogen and oxygen atoms in total. The van der Waals surface area contributed by atoms with Crippen LogP contribution in [0.15, 0.2) is 11.6 Å². The van der Waals surface area contributed by atoms with Crippen molar-refractivity contribution in [3.63, 3.8) is 0 Å². The number of aliphatic carboxylic acids is 1. The molecule has 0 radical (unpaired) electrons. The van der Waals surface area contributed by atoms with Gasteiger partial charge in [-0.25, -0.2) is 0 Å². The van der Waals surface area contributed by atoms with Crippen molar-refractivity contribution in [1.29, 1.82) is 0 Å². The van der Waals surface area contributed by atoms with Gasteiger partial charge in [0.2, 0.25) is 0 Å². The van der Waals surface area contributed by atoms with E-state index in [0.29, 0.717) is 6.54 Å². The molecule has 1 heterocycles. The minimum absolute atomic E-state index is 0.498. The van der Waals surface area contributed by atoms with Crippen LogP contribution in [0.4, 0.5) is 0 Å². The van der Waals surface area contributed by atoms with Gasteiger partial charge in [0.1, 0.15) is 0 Å². The number of rotatable bonds is 5. The zero-order chi connectivity index (χ0) is 12.9. The Morgan fingerprint density at radius 2 is 2.18 bits per heavy atom. The third kappa shape index (κ3) is 3.84. The van der Waals surface area contributed by atoms with Gasteiger partial charge in [0.15, 0.2) is 0 Å². The molecule has 0 aromatic rings. The van der Waals surface area contributed by atoms with E-state index in [1.165, 1.54) is 5.57 Å². The molecule has 1 fully saturated rings. The highest BCUT2D eigenvalue weighted by atomic mass is 16.4. The molecule has 1 rings (SSSR count). The van der Waals surface area contributed by atoms with Crippen LogP contribution in [-0.4, -0.2) is 35.6 Å². The molecule has 1 aliphatic rings. The average molecular weight is 239 g/mol. The molecule has 0 aromatic carbocycles. The van der Waals surface area contributed by atoms with Crippen LogP contribution in [0.25, 0.3) is 0 Å². The number of carboxylic acids is 1. The Hall–Kier alpha value is -0.830. The molecule has 1 aliphatic heterocycles. The first-order chi connectivity index (χ1) is 8.00. The predicted molar refractivity (Wildman–Crippen MR) is 70.1 cm³/mol. The molecule has 0 saturated carbocycles. The molecule has 0 amide bonds. The first-order valence-corrected chi connectivity index (χ1v) is 6.59. The highest BCUT2D eigenvalue weighted by molar-refractivity contribution is 5.75. The van der Waals surface area contributed by atoms with Crippen molar-refractivity contribution in [1.82, 2.24) is 4.90 Å². The minimum Gasteiger partial charge on any atom is -0.481 e. The van der Waals surface area contributed by atoms with Crippen molar-refractivity contribution in [2.24, 2.45) is 5.41 Å². The zero-order valence-corrected chi connectivity index (χ0v) is 11.3. The van der Waals surface area contributed by atoms with Gasteiger partial charge in [0, 0.05) is 13.1 Å². The normalized spacial score (nSPS) is 25.6. The smallest absolute Gasteiger partial charge is 0.310 e. The van der Waals surface area contributed by atoms with Crippen LogP contribution >= 0.6 is 0 Å². The standard InChI is InChI=1S/C14H25NO2/c1-4-7-14(13(16)17)8-5-9-15(11-14)10-6-12(2)3/h6H,4-5,7-11H2,1-3H3,(H,16,17). The lowest BCUT2D eigenvalue weighted by Crippen LogP contribution is -2.47. The van der Waals surface area contributed by atoms with Gasteiger partial charge in [-0.05, 0) is 39.7 Å². The third-order valence-electron chi connectivity index (χ3n) is 3.60. The highest BCUT2D eigenvalue weighted by Gasteiger charge is 2.41. The third-order valence-corrected chi connectivity index (χ3v) is 3.60. The summed E-state index contributed by atoms with van der Waals surface area (Å²) in [5.74, 6) is -0.610. The van der Waals surface area contributed by atoms with E-state index in [4.69, 9.17) is 0 Å². The number of carboxylic acid groups (broad SMARTS) is 1. The molecule has 0 spiro atoms. The van der Waals surface area contributed by atoms with Crippen LogP contribution in [0.5, 0.6) is 0 Å². The molecule has 1 saturated heterocycles. The van der Waals surface area contributed by atoms with E-state index in [0.717, 1.165) is 38.8 Å². The van der Waals surface area contributed by atoms with E-state index in [1.807, 2.05) is 0 Å². The van der Waals surface area contributed by atoms with Crippen molar-refractivity contribution in [3.05, 3.63) is 11.6 Å². The number of likely N-dealkylation sites (tertiary alicyclic amines) is 1. The van der Waals surface area contributed by atoms with E-state index in [1.54, 1.807) is 0 Å². The second kappa shape index (κ2) is 6.20. The quantitative estimate of drug-likeness (QED) is 0.750. The fourth-order valence-electron chi connectivity index (χ4n) is 2.66. The summed E-state index contributed by atoms with van der Waals surface area (Å²) in [4.78, 5) is 13.8. The number of carbonyl (C=O) groups is 1. The molecule has 0 aromatic heterocycles. The largest absolute Gasteiger partial charge is 0.481 e. The predicted octanol–water partition coefficient (Wildman–Crippen LogP) is 2.92. The van der Waals surface area contributed by atoms with Crippen molar-refractivity contribution >= 4 is 5.97 Å². The summed E-state index contributed by atoms with van der Waals surface area (Å²) in [6.07, 6.45) is 5.77. The first kappa shape index (κ1) is 14.2. The lowest BCUT2D eigenvalue weighted by atomic mass is 9.76. The van der Waals surface area contributed by atoms with Crippen molar-refractivity contribution < 1.29 is 9.90 Å². The second-order valence-corrected chi connectivity index (χ2v) is 5.46. The van der Waals surface area contributed by atoms with Crippen molar-refractivity contribution in [2.45, 2.75) is 46.5 Å². The summed E-state index contributed by atoms with van der Waals surface area (Å²) in [6, 6.07) is 0. The summed E-state index contributed by atoms with van der Waals surface area (Å²) in [7, 11) is 0. The zero-order valence-electron chi connectivity index (χ0n) is 11.3. The summed E-state index contributed by atoms with van der Waals surface area (Å²) >= 11 is 0. The maximum absolute atomic E-state index is 11.5. The molecular weight excluding hydrogens is 214 g/mol. The molecular formula is C14H25NO2. The molecule has 3 heteroatoms. The molecule has 0 bridgehead atoms. The molecule has 17 heavy (non-hydrogen) atoms. The van der Waals surface area contributed by atoms with Gasteiger partial charge in [0.05, 0.1) is 5.41 Å². The number of hydrogen-bond acceptors (Lipinski definition) is 2. The lowest BCUT2D eigenvalue weighted by molar-refractivity contribution is -0.153. The molecule has 98 valence electrons. The van der Waals surface area contributed by atoms with Gasteiger partial charge >= 0.3 is 5.97 Å². The average Bonchev–Trinajstić information content (AvgIpc) is 2.27. The summed E-state index contributed by atoms with van der Waals surface area (Å²) in [6.45, 7) is 8.87.